The Kier molecular flexibility index (Phi) is 4.21. The molecule has 2 aliphatic heterocycles. The molecule has 138 valence electrons. The van der Waals surface area contributed by atoms with E-state index in [2.05, 4.69) is 0 Å². The van der Waals surface area contributed by atoms with Crippen molar-refractivity contribution in [1.29, 1.82) is 0 Å². The average molecular weight is 392 g/mol. The summed E-state index contributed by atoms with van der Waals surface area (Å²) in [4.78, 5) is 12.7. The number of piperidine rings is 1. The van der Waals surface area contributed by atoms with E-state index in [0.717, 1.165) is 11.1 Å². The number of Topliss-reactive ketones (excluding diaryl/α,β-unsaturated/α-hetero) is 1. The lowest BCUT2D eigenvalue weighted by atomic mass is 9.82. The Morgan fingerprint density at radius 3 is 2.54 bits per heavy atom. The SMILES string of the molecule is Cc1ccc2c(c1C)OC1(CCN(S(=O)(=O)c3cccs3)CC1)CC2=O. The first kappa shape index (κ1) is 17.7. The minimum atomic E-state index is -3.45. The van der Waals surface area contributed by atoms with Crippen LogP contribution in [0.15, 0.2) is 33.9 Å². The number of fused-ring (bicyclic) bond motifs is 1. The number of benzene rings is 1. The fourth-order valence-corrected chi connectivity index (χ4v) is 6.32. The molecule has 0 saturated carbocycles. The van der Waals surface area contributed by atoms with Gasteiger partial charge in [-0.05, 0) is 42.5 Å². The number of carbonyl (C=O) groups excluding carboxylic acids is 1. The lowest BCUT2D eigenvalue weighted by molar-refractivity contribution is 0.00535. The minimum Gasteiger partial charge on any atom is -0.486 e. The van der Waals surface area contributed by atoms with E-state index in [4.69, 9.17) is 4.74 Å². The summed E-state index contributed by atoms with van der Waals surface area (Å²) in [5.41, 5.74) is 2.13. The van der Waals surface area contributed by atoms with E-state index in [1.54, 1.807) is 17.5 Å². The van der Waals surface area contributed by atoms with Crippen LogP contribution in [-0.2, 0) is 10.0 Å². The van der Waals surface area contributed by atoms with E-state index in [-0.39, 0.29) is 5.78 Å². The number of carbonyl (C=O) groups is 1. The predicted octanol–water partition coefficient (Wildman–Crippen LogP) is 3.55. The van der Waals surface area contributed by atoms with Crippen molar-refractivity contribution in [2.75, 3.05) is 13.1 Å². The molecule has 26 heavy (non-hydrogen) atoms. The Morgan fingerprint density at radius 2 is 1.88 bits per heavy atom. The van der Waals surface area contributed by atoms with Gasteiger partial charge >= 0.3 is 0 Å². The molecule has 1 aromatic carbocycles. The number of hydrogen-bond donors (Lipinski definition) is 0. The fraction of sp³-hybridized carbons (Fsp3) is 0.421. The molecule has 3 heterocycles. The molecule has 0 amide bonds. The summed E-state index contributed by atoms with van der Waals surface area (Å²) in [6.07, 6.45) is 1.36. The molecular formula is C19H21NO4S2. The van der Waals surface area contributed by atoms with Crippen LogP contribution in [0.4, 0.5) is 0 Å². The van der Waals surface area contributed by atoms with Gasteiger partial charge in [-0.15, -0.1) is 11.3 Å². The van der Waals surface area contributed by atoms with Crippen molar-refractivity contribution in [3.8, 4) is 5.75 Å². The first-order valence-electron chi connectivity index (χ1n) is 8.68. The smallest absolute Gasteiger partial charge is 0.252 e. The third-order valence-corrected chi connectivity index (χ3v) is 8.77. The fourth-order valence-electron chi connectivity index (χ4n) is 3.73. The van der Waals surface area contributed by atoms with E-state index in [1.807, 2.05) is 26.0 Å². The highest BCUT2D eigenvalue weighted by atomic mass is 32.2. The Morgan fingerprint density at radius 1 is 1.15 bits per heavy atom. The molecule has 4 rings (SSSR count). The summed E-state index contributed by atoms with van der Waals surface area (Å²) in [6, 6.07) is 7.16. The Hall–Kier alpha value is -1.70. The Balaban J connectivity index is 1.58. The molecule has 1 fully saturated rings. The second-order valence-corrected chi connectivity index (χ2v) is 10.2. The average Bonchev–Trinajstić information content (AvgIpc) is 3.14. The summed E-state index contributed by atoms with van der Waals surface area (Å²) < 4.78 is 33.7. The maximum Gasteiger partial charge on any atom is 0.252 e. The summed E-state index contributed by atoms with van der Waals surface area (Å²) >= 11 is 1.23. The van der Waals surface area contributed by atoms with Crippen molar-refractivity contribution in [3.63, 3.8) is 0 Å². The zero-order valence-electron chi connectivity index (χ0n) is 14.8. The molecule has 5 nitrogen and oxygen atoms in total. The van der Waals surface area contributed by atoms with Crippen molar-refractivity contribution in [1.82, 2.24) is 4.31 Å². The molecule has 1 aromatic heterocycles. The second-order valence-electron chi connectivity index (χ2n) is 7.11. The zero-order chi connectivity index (χ0) is 18.5. The minimum absolute atomic E-state index is 0.0870. The Labute approximate surface area is 157 Å². The van der Waals surface area contributed by atoms with Gasteiger partial charge in [-0.3, -0.25) is 4.79 Å². The van der Waals surface area contributed by atoms with Crippen molar-refractivity contribution >= 4 is 27.1 Å². The van der Waals surface area contributed by atoms with Crippen LogP contribution in [0.1, 0.15) is 40.7 Å². The molecule has 0 N–H and O–H groups in total. The number of ketones is 1. The van der Waals surface area contributed by atoms with E-state index >= 15 is 0 Å². The molecule has 0 unspecified atom stereocenters. The van der Waals surface area contributed by atoms with E-state index < -0.39 is 15.6 Å². The zero-order valence-corrected chi connectivity index (χ0v) is 16.5. The highest BCUT2D eigenvalue weighted by Gasteiger charge is 2.45. The number of nitrogens with zero attached hydrogens (tertiary/aromatic N) is 1. The number of rotatable bonds is 2. The molecule has 0 atom stereocenters. The van der Waals surface area contributed by atoms with Crippen molar-refractivity contribution < 1.29 is 17.9 Å². The summed E-state index contributed by atoms with van der Waals surface area (Å²) in [6.45, 7) is 4.71. The lowest BCUT2D eigenvalue weighted by Crippen LogP contribution is -2.52. The summed E-state index contributed by atoms with van der Waals surface area (Å²) in [7, 11) is -3.45. The standard InChI is InChI=1S/C19H21NO4S2/c1-13-5-6-15-16(21)12-19(24-18(15)14(13)2)7-9-20(10-8-19)26(22,23)17-4-3-11-25-17/h3-6,11H,7-10,12H2,1-2H3. The normalized spacial score (nSPS) is 20.0. The maximum absolute atomic E-state index is 12.7. The maximum atomic E-state index is 12.7. The van der Waals surface area contributed by atoms with Gasteiger partial charge in [-0.1, -0.05) is 12.1 Å². The molecule has 2 aromatic rings. The van der Waals surface area contributed by atoms with Crippen LogP contribution in [0.2, 0.25) is 0 Å². The quantitative estimate of drug-likeness (QED) is 0.785. The van der Waals surface area contributed by atoms with Gasteiger partial charge < -0.3 is 4.74 Å². The highest BCUT2D eigenvalue weighted by Crippen LogP contribution is 2.42. The van der Waals surface area contributed by atoms with Gasteiger partial charge in [0.1, 0.15) is 15.6 Å². The number of hydrogen-bond acceptors (Lipinski definition) is 5. The molecule has 0 bridgehead atoms. The number of thiophene rings is 1. The molecule has 1 spiro atoms. The summed E-state index contributed by atoms with van der Waals surface area (Å²) in [5, 5.41) is 1.77. The monoisotopic (exact) mass is 391 g/mol. The van der Waals surface area contributed by atoms with Crippen LogP contribution in [0.5, 0.6) is 5.75 Å². The van der Waals surface area contributed by atoms with Crippen LogP contribution in [-0.4, -0.2) is 37.2 Å². The van der Waals surface area contributed by atoms with Gasteiger partial charge in [0.05, 0.1) is 12.0 Å². The largest absolute Gasteiger partial charge is 0.486 e. The van der Waals surface area contributed by atoms with Gasteiger partial charge in [0.2, 0.25) is 0 Å². The van der Waals surface area contributed by atoms with E-state index in [9.17, 15) is 13.2 Å². The lowest BCUT2D eigenvalue weighted by Gasteiger charge is -2.43. The van der Waals surface area contributed by atoms with Crippen LogP contribution >= 0.6 is 11.3 Å². The van der Waals surface area contributed by atoms with Crippen LogP contribution in [0.3, 0.4) is 0 Å². The van der Waals surface area contributed by atoms with Crippen LogP contribution < -0.4 is 4.74 Å². The van der Waals surface area contributed by atoms with Gasteiger partial charge in [-0.2, -0.15) is 4.31 Å². The first-order chi connectivity index (χ1) is 12.3. The Bertz CT molecular complexity index is 956. The first-order valence-corrected chi connectivity index (χ1v) is 11.0. The number of ether oxygens (including phenoxy) is 1. The van der Waals surface area contributed by atoms with Crippen LogP contribution in [0.25, 0.3) is 0 Å². The highest BCUT2D eigenvalue weighted by molar-refractivity contribution is 7.91. The molecule has 2 aliphatic rings. The number of aryl methyl sites for hydroxylation is 1. The molecular weight excluding hydrogens is 370 g/mol. The van der Waals surface area contributed by atoms with Crippen molar-refractivity contribution in [2.24, 2.45) is 0 Å². The molecule has 7 heteroatoms. The number of sulfonamides is 1. The molecule has 0 radical (unpaired) electrons. The van der Waals surface area contributed by atoms with Gasteiger partial charge in [-0.25, -0.2) is 8.42 Å². The second kappa shape index (κ2) is 6.18. The third-order valence-electron chi connectivity index (χ3n) is 5.50. The topological polar surface area (TPSA) is 63.7 Å². The van der Waals surface area contributed by atoms with E-state index in [1.165, 1.54) is 15.6 Å². The molecule has 1 saturated heterocycles. The van der Waals surface area contributed by atoms with Gasteiger partial charge in [0.15, 0.2) is 5.78 Å². The third kappa shape index (κ3) is 2.78. The van der Waals surface area contributed by atoms with Gasteiger partial charge in [0, 0.05) is 25.9 Å². The van der Waals surface area contributed by atoms with Crippen molar-refractivity contribution in [2.45, 2.75) is 42.9 Å². The van der Waals surface area contributed by atoms with Gasteiger partial charge in [0.25, 0.3) is 10.0 Å². The van der Waals surface area contributed by atoms with Crippen LogP contribution in [0, 0.1) is 13.8 Å². The van der Waals surface area contributed by atoms with Crippen molar-refractivity contribution in [3.05, 3.63) is 46.3 Å². The molecule has 0 aliphatic carbocycles. The van der Waals surface area contributed by atoms with E-state index in [0.29, 0.717) is 47.9 Å². The predicted molar refractivity (Wildman–Crippen MR) is 101 cm³/mol. The summed E-state index contributed by atoms with van der Waals surface area (Å²) in [5.74, 6) is 0.764.